The standard InChI is InChI=1S/C16H19N3O.C4H10/c1-12-11-15(18-17-12)16(20)19-9-7-14(8-10-19)13-5-3-2-4-6-13;1-3-4-2/h2-6,11,14H,7-10H2,1H3,(H,17,18);3-4H2,1-2H3. The Labute approximate surface area is 145 Å². The predicted octanol–water partition coefficient (Wildman–Crippen LogP) is 4.54. The summed E-state index contributed by atoms with van der Waals surface area (Å²) in [6.07, 6.45) is 4.69. The van der Waals surface area contributed by atoms with Crippen molar-refractivity contribution in [1.82, 2.24) is 15.1 Å². The van der Waals surface area contributed by atoms with Crippen LogP contribution in [0.15, 0.2) is 36.4 Å². The molecule has 4 nitrogen and oxygen atoms in total. The number of rotatable bonds is 3. The van der Waals surface area contributed by atoms with Crippen molar-refractivity contribution in [2.45, 2.75) is 52.4 Å². The second-order valence-corrected chi connectivity index (χ2v) is 6.41. The minimum atomic E-state index is 0.0425. The summed E-state index contributed by atoms with van der Waals surface area (Å²) in [4.78, 5) is 14.2. The second kappa shape index (κ2) is 9.26. The van der Waals surface area contributed by atoms with E-state index in [0.29, 0.717) is 11.6 Å². The molecule has 1 fully saturated rings. The Bertz CT molecular complexity index is 611. The molecule has 1 aliphatic rings. The lowest BCUT2D eigenvalue weighted by Gasteiger charge is -2.31. The lowest BCUT2D eigenvalue weighted by Crippen LogP contribution is -2.38. The molecule has 1 amide bonds. The molecule has 1 saturated heterocycles. The van der Waals surface area contributed by atoms with Gasteiger partial charge in [0.2, 0.25) is 0 Å². The molecule has 0 radical (unpaired) electrons. The number of carbonyl (C=O) groups is 1. The first-order valence-electron chi connectivity index (χ1n) is 9.01. The van der Waals surface area contributed by atoms with E-state index in [1.54, 1.807) is 0 Å². The Morgan fingerprint density at radius 1 is 1.17 bits per heavy atom. The van der Waals surface area contributed by atoms with Crippen LogP contribution in [0.4, 0.5) is 0 Å². The summed E-state index contributed by atoms with van der Waals surface area (Å²) in [5.74, 6) is 0.613. The van der Waals surface area contributed by atoms with Crippen molar-refractivity contribution < 1.29 is 4.79 Å². The third kappa shape index (κ3) is 4.95. The van der Waals surface area contributed by atoms with Crippen LogP contribution in [0.3, 0.4) is 0 Å². The highest BCUT2D eigenvalue weighted by Gasteiger charge is 2.25. The predicted molar refractivity (Wildman–Crippen MR) is 98.2 cm³/mol. The smallest absolute Gasteiger partial charge is 0.274 e. The Morgan fingerprint density at radius 3 is 2.29 bits per heavy atom. The zero-order valence-electron chi connectivity index (χ0n) is 15.1. The van der Waals surface area contributed by atoms with Crippen molar-refractivity contribution in [2.75, 3.05) is 13.1 Å². The lowest BCUT2D eigenvalue weighted by molar-refractivity contribution is 0.0707. The highest BCUT2D eigenvalue weighted by Crippen LogP contribution is 2.28. The molecule has 4 heteroatoms. The third-order valence-electron chi connectivity index (χ3n) is 4.48. The van der Waals surface area contributed by atoms with Crippen LogP contribution in [0.25, 0.3) is 0 Å². The van der Waals surface area contributed by atoms with Crippen LogP contribution >= 0.6 is 0 Å². The first kappa shape index (κ1) is 18.2. The van der Waals surface area contributed by atoms with Crippen molar-refractivity contribution in [2.24, 2.45) is 0 Å². The van der Waals surface area contributed by atoms with Gasteiger partial charge >= 0.3 is 0 Å². The van der Waals surface area contributed by atoms with Crippen molar-refractivity contribution in [3.05, 3.63) is 53.3 Å². The van der Waals surface area contributed by atoms with Gasteiger partial charge in [-0.05, 0) is 37.3 Å². The number of piperidine rings is 1. The molecule has 3 rings (SSSR count). The number of carbonyl (C=O) groups excluding carboxylic acids is 1. The number of nitrogens with one attached hydrogen (secondary N) is 1. The van der Waals surface area contributed by atoms with Gasteiger partial charge in [0.25, 0.3) is 5.91 Å². The first-order chi connectivity index (χ1) is 11.7. The fraction of sp³-hybridized carbons (Fsp3) is 0.500. The number of hydrogen-bond acceptors (Lipinski definition) is 2. The number of aromatic amines is 1. The van der Waals surface area contributed by atoms with Crippen molar-refractivity contribution in [1.29, 1.82) is 0 Å². The number of unbranched alkanes of at least 4 members (excludes halogenated alkanes) is 1. The fourth-order valence-corrected chi connectivity index (χ4v) is 2.83. The topological polar surface area (TPSA) is 49.0 Å². The van der Waals surface area contributed by atoms with Crippen LogP contribution in [0.2, 0.25) is 0 Å². The molecule has 0 saturated carbocycles. The molecular weight excluding hydrogens is 298 g/mol. The lowest BCUT2D eigenvalue weighted by atomic mass is 9.89. The normalized spacial score (nSPS) is 14.9. The fourth-order valence-electron chi connectivity index (χ4n) is 2.83. The van der Waals surface area contributed by atoms with Gasteiger partial charge in [0, 0.05) is 18.8 Å². The van der Waals surface area contributed by atoms with Gasteiger partial charge in [-0.15, -0.1) is 0 Å². The monoisotopic (exact) mass is 327 g/mol. The van der Waals surface area contributed by atoms with Gasteiger partial charge in [-0.1, -0.05) is 57.0 Å². The number of aryl methyl sites for hydroxylation is 1. The van der Waals surface area contributed by atoms with Gasteiger partial charge in [0.05, 0.1) is 0 Å². The van der Waals surface area contributed by atoms with E-state index in [4.69, 9.17) is 0 Å². The maximum atomic E-state index is 12.3. The van der Waals surface area contributed by atoms with E-state index >= 15 is 0 Å². The minimum absolute atomic E-state index is 0.0425. The molecule has 1 N–H and O–H groups in total. The Morgan fingerprint density at radius 2 is 1.79 bits per heavy atom. The Balaban J connectivity index is 0.000000471. The number of benzene rings is 1. The maximum Gasteiger partial charge on any atom is 0.274 e. The van der Waals surface area contributed by atoms with Gasteiger partial charge in [-0.3, -0.25) is 9.89 Å². The largest absolute Gasteiger partial charge is 0.337 e. The molecule has 0 aliphatic carbocycles. The number of nitrogens with zero attached hydrogens (tertiary/aromatic N) is 2. The number of likely N-dealkylation sites (tertiary alicyclic amines) is 1. The van der Waals surface area contributed by atoms with Crippen LogP contribution in [-0.4, -0.2) is 34.1 Å². The number of H-pyrrole nitrogens is 1. The SMILES string of the molecule is CCCC.Cc1cc(C(=O)N2CCC(c3ccccc3)CC2)n[nH]1. The van der Waals surface area contributed by atoms with Crippen LogP contribution in [0, 0.1) is 6.92 Å². The van der Waals surface area contributed by atoms with Gasteiger partial charge in [-0.25, -0.2) is 0 Å². The summed E-state index contributed by atoms with van der Waals surface area (Å²) in [7, 11) is 0. The van der Waals surface area contributed by atoms with Crippen molar-refractivity contribution >= 4 is 5.91 Å². The summed E-state index contributed by atoms with van der Waals surface area (Å²) < 4.78 is 0. The molecule has 1 aromatic carbocycles. The highest BCUT2D eigenvalue weighted by atomic mass is 16.2. The van der Waals surface area contributed by atoms with Crippen LogP contribution in [0.1, 0.15) is 67.2 Å². The molecule has 0 atom stereocenters. The first-order valence-corrected chi connectivity index (χ1v) is 9.01. The van der Waals surface area contributed by atoms with E-state index < -0.39 is 0 Å². The zero-order valence-corrected chi connectivity index (χ0v) is 15.1. The molecular formula is C20H29N3O. The zero-order chi connectivity index (χ0) is 17.4. The quantitative estimate of drug-likeness (QED) is 0.899. The van der Waals surface area contributed by atoms with Crippen LogP contribution in [0.5, 0.6) is 0 Å². The van der Waals surface area contributed by atoms with E-state index in [2.05, 4.69) is 48.3 Å². The van der Waals surface area contributed by atoms with E-state index in [9.17, 15) is 4.79 Å². The van der Waals surface area contributed by atoms with Gasteiger partial charge < -0.3 is 4.90 Å². The summed E-state index contributed by atoms with van der Waals surface area (Å²) in [5, 5.41) is 6.88. The summed E-state index contributed by atoms with van der Waals surface area (Å²) in [6, 6.07) is 12.4. The van der Waals surface area contributed by atoms with Crippen molar-refractivity contribution in [3.8, 4) is 0 Å². The second-order valence-electron chi connectivity index (χ2n) is 6.41. The molecule has 24 heavy (non-hydrogen) atoms. The van der Waals surface area contributed by atoms with Gasteiger partial charge in [0.1, 0.15) is 5.69 Å². The number of amides is 1. The average molecular weight is 327 g/mol. The van der Waals surface area contributed by atoms with Crippen LogP contribution < -0.4 is 0 Å². The number of aromatic nitrogens is 2. The summed E-state index contributed by atoms with van der Waals surface area (Å²) >= 11 is 0. The van der Waals surface area contributed by atoms with Crippen molar-refractivity contribution in [3.63, 3.8) is 0 Å². The molecule has 0 spiro atoms. The molecule has 1 aromatic heterocycles. The van der Waals surface area contributed by atoms with Gasteiger partial charge in [-0.2, -0.15) is 5.10 Å². The molecule has 2 aromatic rings. The molecule has 1 aliphatic heterocycles. The Hall–Kier alpha value is -2.10. The summed E-state index contributed by atoms with van der Waals surface area (Å²) in [5.41, 5.74) is 2.84. The molecule has 130 valence electrons. The minimum Gasteiger partial charge on any atom is -0.337 e. The average Bonchev–Trinajstić information content (AvgIpc) is 3.08. The highest BCUT2D eigenvalue weighted by molar-refractivity contribution is 5.92. The van der Waals surface area contributed by atoms with E-state index in [1.807, 2.05) is 24.0 Å². The molecule has 0 unspecified atom stereocenters. The van der Waals surface area contributed by atoms with E-state index in [0.717, 1.165) is 31.6 Å². The third-order valence-corrected chi connectivity index (χ3v) is 4.48. The molecule has 2 heterocycles. The van der Waals surface area contributed by atoms with Crippen LogP contribution in [-0.2, 0) is 0 Å². The maximum absolute atomic E-state index is 12.3. The number of hydrogen-bond donors (Lipinski definition) is 1. The molecule has 0 bridgehead atoms. The van der Waals surface area contributed by atoms with E-state index in [1.165, 1.54) is 18.4 Å². The van der Waals surface area contributed by atoms with Gasteiger partial charge in [0.15, 0.2) is 0 Å². The van der Waals surface area contributed by atoms with E-state index in [-0.39, 0.29) is 5.91 Å². The summed E-state index contributed by atoms with van der Waals surface area (Å²) in [6.45, 7) is 7.89. The Kier molecular flexibility index (Phi) is 7.04.